The molecule has 37 heavy (non-hydrogen) atoms. The molecule has 1 aliphatic rings. The molecule has 2 amide bonds. The predicted octanol–water partition coefficient (Wildman–Crippen LogP) is 5.78. The monoisotopic (exact) mass is 495 g/mol. The molecule has 0 unspecified atom stereocenters. The van der Waals surface area contributed by atoms with E-state index in [4.69, 9.17) is 0 Å². The van der Waals surface area contributed by atoms with Gasteiger partial charge in [0.05, 0.1) is 0 Å². The SMILES string of the molecule is CCCN(CC(=O)N1CCn2cccc2[C@@H]1c1ccccc1F)C(=O)c1ccc(-c2ccccc2)cc1. The molecule has 4 aromatic rings. The Morgan fingerprint density at radius 2 is 1.57 bits per heavy atom. The first kappa shape index (κ1) is 24.5. The van der Waals surface area contributed by atoms with E-state index in [2.05, 4.69) is 4.57 Å². The highest BCUT2D eigenvalue weighted by Gasteiger charge is 2.34. The highest BCUT2D eigenvalue weighted by molar-refractivity contribution is 5.97. The molecule has 0 aliphatic carbocycles. The van der Waals surface area contributed by atoms with Gasteiger partial charge >= 0.3 is 0 Å². The second kappa shape index (κ2) is 10.8. The largest absolute Gasteiger partial charge is 0.348 e. The molecule has 0 spiro atoms. The first-order valence-electron chi connectivity index (χ1n) is 12.7. The Labute approximate surface area is 216 Å². The van der Waals surface area contributed by atoms with Crippen LogP contribution in [0.5, 0.6) is 0 Å². The second-order valence-electron chi connectivity index (χ2n) is 9.31. The lowest BCUT2D eigenvalue weighted by atomic mass is 9.99. The van der Waals surface area contributed by atoms with Crippen molar-refractivity contribution in [2.45, 2.75) is 25.9 Å². The number of benzene rings is 3. The Hall–Kier alpha value is -4.19. The number of halogens is 1. The molecule has 0 bridgehead atoms. The van der Waals surface area contributed by atoms with E-state index in [1.54, 1.807) is 28.0 Å². The van der Waals surface area contributed by atoms with Gasteiger partial charge in [-0.3, -0.25) is 9.59 Å². The molecule has 1 aliphatic heterocycles. The van der Waals surface area contributed by atoms with Crippen LogP contribution in [0.3, 0.4) is 0 Å². The lowest BCUT2D eigenvalue weighted by Gasteiger charge is -2.38. The van der Waals surface area contributed by atoms with Gasteiger partial charge in [-0.15, -0.1) is 0 Å². The Morgan fingerprint density at radius 1 is 0.865 bits per heavy atom. The van der Waals surface area contributed by atoms with Gasteiger partial charge in [0.1, 0.15) is 18.4 Å². The quantitative estimate of drug-likeness (QED) is 0.326. The molecule has 0 N–H and O–H groups in total. The molecule has 0 fully saturated rings. The number of rotatable bonds is 7. The summed E-state index contributed by atoms with van der Waals surface area (Å²) < 4.78 is 16.9. The van der Waals surface area contributed by atoms with Crippen molar-refractivity contribution in [3.05, 3.63) is 120 Å². The van der Waals surface area contributed by atoms with Gasteiger partial charge in [0, 0.05) is 42.7 Å². The van der Waals surface area contributed by atoms with Crippen molar-refractivity contribution in [3.8, 4) is 11.1 Å². The van der Waals surface area contributed by atoms with Crippen molar-refractivity contribution in [2.75, 3.05) is 19.6 Å². The van der Waals surface area contributed by atoms with E-state index in [1.807, 2.05) is 79.9 Å². The van der Waals surface area contributed by atoms with Crippen molar-refractivity contribution in [2.24, 2.45) is 0 Å². The van der Waals surface area contributed by atoms with Crippen molar-refractivity contribution in [1.82, 2.24) is 14.4 Å². The standard InChI is InChI=1S/C31H30FN3O2/c1-2-18-34(31(37)25-16-14-24(15-17-25)23-9-4-3-5-10-23)22-29(36)35-21-20-33-19-8-13-28(33)30(35)26-11-6-7-12-27(26)32/h3-17,19,30H,2,18,20-22H2,1H3/t30-/m0/s1. The van der Waals surface area contributed by atoms with Crippen LogP contribution in [0.1, 0.15) is 41.0 Å². The van der Waals surface area contributed by atoms with Gasteiger partial charge in [-0.25, -0.2) is 4.39 Å². The zero-order valence-electron chi connectivity index (χ0n) is 20.9. The molecule has 1 aromatic heterocycles. The molecule has 188 valence electrons. The average molecular weight is 496 g/mol. The van der Waals surface area contributed by atoms with E-state index in [9.17, 15) is 14.0 Å². The summed E-state index contributed by atoms with van der Waals surface area (Å²) in [7, 11) is 0. The Morgan fingerprint density at radius 3 is 2.30 bits per heavy atom. The molecule has 0 radical (unpaired) electrons. The molecule has 5 rings (SSSR count). The summed E-state index contributed by atoms with van der Waals surface area (Å²) in [4.78, 5) is 30.5. The number of aromatic nitrogens is 1. The van der Waals surface area contributed by atoms with E-state index < -0.39 is 6.04 Å². The van der Waals surface area contributed by atoms with Gasteiger partial charge in [0.15, 0.2) is 0 Å². The van der Waals surface area contributed by atoms with Crippen LogP contribution < -0.4 is 0 Å². The normalized spacial score (nSPS) is 14.8. The van der Waals surface area contributed by atoms with Gasteiger partial charge < -0.3 is 14.4 Å². The van der Waals surface area contributed by atoms with Crippen molar-refractivity contribution < 1.29 is 14.0 Å². The lowest BCUT2D eigenvalue weighted by Crippen LogP contribution is -2.48. The third-order valence-corrected chi connectivity index (χ3v) is 6.90. The molecule has 6 heteroatoms. The van der Waals surface area contributed by atoms with Crippen LogP contribution in [0.15, 0.2) is 97.2 Å². The first-order valence-corrected chi connectivity index (χ1v) is 12.7. The maximum Gasteiger partial charge on any atom is 0.254 e. The van der Waals surface area contributed by atoms with E-state index >= 15 is 0 Å². The van der Waals surface area contributed by atoms with E-state index in [1.165, 1.54) is 6.07 Å². The molecular weight excluding hydrogens is 465 g/mol. The average Bonchev–Trinajstić information content (AvgIpc) is 3.42. The fraction of sp³-hybridized carbons (Fsp3) is 0.226. The number of carbonyl (C=O) groups is 2. The molecule has 0 saturated heterocycles. The summed E-state index contributed by atoms with van der Waals surface area (Å²) in [5, 5.41) is 0. The minimum atomic E-state index is -0.541. The van der Waals surface area contributed by atoms with E-state index in [0.717, 1.165) is 23.2 Å². The summed E-state index contributed by atoms with van der Waals surface area (Å²) >= 11 is 0. The van der Waals surface area contributed by atoms with E-state index in [-0.39, 0.29) is 24.2 Å². The van der Waals surface area contributed by atoms with Gasteiger partial charge in [0.25, 0.3) is 5.91 Å². The third-order valence-electron chi connectivity index (χ3n) is 6.90. The zero-order chi connectivity index (χ0) is 25.8. The summed E-state index contributed by atoms with van der Waals surface area (Å²) in [6.07, 6.45) is 2.68. The van der Waals surface area contributed by atoms with Crippen LogP contribution >= 0.6 is 0 Å². The second-order valence-corrected chi connectivity index (χ2v) is 9.31. The third kappa shape index (κ3) is 5.05. The van der Waals surface area contributed by atoms with Crippen LogP contribution in [0.25, 0.3) is 11.1 Å². The Bertz CT molecular complexity index is 1380. The first-order chi connectivity index (χ1) is 18.1. The summed E-state index contributed by atoms with van der Waals surface area (Å²) in [6.45, 7) is 3.46. The number of amides is 2. The molecule has 2 heterocycles. The molecule has 5 nitrogen and oxygen atoms in total. The Kier molecular flexibility index (Phi) is 7.17. The summed E-state index contributed by atoms with van der Waals surface area (Å²) in [5.41, 5.74) is 3.98. The van der Waals surface area contributed by atoms with Crippen LogP contribution in [-0.4, -0.2) is 45.8 Å². The van der Waals surface area contributed by atoms with Crippen LogP contribution in [0.4, 0.5) is 4.39 Å². The molecule has 0 saturated carbocycles. The van der Waals surface area contributed by atoms with E-state index in [0.29, 0.717) is 30.8 Å². The van der Waals surface area contributed by atoms with Crippen LogP contribution in [0.2, 0.25) is 0 Å². The maximum atomic E-state index is 14.9. The number of fused-ring (bicyclic) bond motifs is 1. The van der Waals surface area contributed by atoms with Crippen LogP contribution in [-0.2, 0) is 11.3 Å². The zero-order valence-corrected chi connectivity index (χ0v) is 20.9. The smallest absolute Gasteiger partial charge is 0.254 e. The number of nitrogens with zero attached hydrogens (tertiary/aromatic N) is 3. The van der Waals surface area contributed by atoms with Gasteiger partial charge in [-0.05, 0) is 47.9 Å². The van der Waals surface area contributed by atoms with Gasteiger partial charge in [-0.2, -0.15) is 0 Å². The number of hydrogen-bond acceptors (Lipinski definition) is 2. The van der Waals surface area contributed by atoms with Gasteiger partial charge in [-0.1, -0.05) is 67.6 Å². The van der Waals surface area contributed by atoms with Crippen LogP contribution in [0, 0.1) is 5.82 Å². The lowest BCUT2D eigenvalue weighted by molar-refractivity contribution is -0.134. The maximum absolute atomic E-state index is 14.9. The number of hydrogen-bond donors (Lipinski definition) is 0. The highest BCUT2D eigenvalue weighted by Crippen LogP contribution is 2.34. The minimum absolute atomic E-state index is 0.0568. The highest BCUT2D eigenvalue weighted by atomic mass is 19.1. The fourth-order valence-corrected chi connectivity index (χ4v) is 5.07. The summed E-state index contributed by atoms with van der Waals surface area (Å²) in [6, 6.07) is 27.4. The summed E-state index contributed by atoms with van der Waals surface area (Å²) in [5.74, 6) is -0.721. The molecular formula is C31H30FN3O2. The number of carbonyl (C=O) groups excluding carboxylic acids is 2. The fourth-order valence-electron chi connectivity index (χ4n) is 5.07. The molecule has 3 aromatic carbocycles. The van der Waals surface area contributed by atoms with Crippen molar-refractivity contribution in [1.29, 1.82) is 0 Å². The topological polar surface area (TPSA) is 45.6 Å². The predicted molar refractivity (Wildman–Crippen MR) is 142 cm³/mol. The minimum Gasteiger partial charge on any atom is -0.348 e. The Balaban J connectivity index is 1.38. The van der Waals surface area contributed by atoms with Crippen molar-refractivity contribution in [3.63, 3.8) is 0 Å². The van der Waals surface area contributed by atoms with Gasteiger partial charge in [0.2, 0.25) is 5.91 Å². The molecule has 1 atom stereocenters. The van der Waals surface area contributed by atoms with Crippen molar-refractivity contribution >= 4 is 11.8 Å².